The lowest BCUT2D eigenvalue weighted by Crippen LogP contribution is -2.04. The van der Waals surface area contributed by atoms with E-state index < -0.39 is 11.7 Å². The molecule has 5 aromatic carbocycles. The topological polar surface area (TPSA) is 30.4 Å². The molecule has 0 N–H and O–H groups in total. The highest BCUT2D eigenvalue weighted by molar-refractivity contribution is 6.21. The van der Waals surface area contributed by atoms with Gasteiger partial charge in [0.15, 0.2) is 0 Å². The van der Waals surface area contributed by atoms with Crippen LogP contribution in [0.1, 0.15) is 5.56 Å². The minimum absolute atomic E-state index is 0.527. The van der Waals surface area contributed by atoms with E-state index >= 15 is 0 Å². The third kappa shape index (κ3) is 2.50. The standard InChI is InChI=1S/C30H15F3N2O/c31-30(32,33)17-10-11-18-16(13-17)9-12-24-28(18)35-25-7-3-1-5-19(25)21-15-27-22(14-23(21)29(35)34-24)20-6-2-4-8-26(20)36-27/h1-15H. The number of halogens is 3. The smallest absolute Gasteiger partial charge is 0.416 e. The number of pyridine rings is 1. The van der Waals surface area contributed by atoms with Gasteiger partial charge < -0.3 is 4.42 Å². The summed E-state index contributed by atoms with van der Waals surface area (Å²) in [7, 11) is 0. The van der Waals surface area contributed by atoms with Crippen LogP contribution in [0.4, 0.5) is 13.2 Å². The van der Waals surface area contributed by atoms with E-state index in [2.05, 4.69) is 22.6 Å². The third-order valence-electron chi connectivity index (χ3n) is 7.15. The monoisotopic (exact) mass is 476 g/mol. The van der Waals surface area contributed by atoms with Crippen LogP contribution in [0.3, 0.4) is 0 Å². The second-order valence-electron chi connectivity index (χ2n) is 9.15. The quantitative estimate of drug-likeness (QED) is 0.205. The number of hydrogen-bond donors (Lipinski definition) is 0. The van der Waals surface area contributed by atoms with Crippen LogP contribution < -0.4 is 0 Å². The zero-order chi connectivity index (χ0) is 24.2. The summed E-state index contributed by atoms with van der Waals surface area (Å²) in [4.78, 5) is 5.00. The number of hydrogen-bond acceptors (Lipinski definition) is 2. The van der Waals surface area contributed by atoms with E-state index in [0.717, 1.165) is 71.7 Å². The number of fused-ring (bicyclic) bond motifs is 13. The third-order valence-corrected chi connectivity index (χ3v) is 7.15. The van der Waals surface area contributed by atoms with Crippen molar-refractivity contribution in [1.29, 1.82) is 0 Å². The number of para-hydroxylation sites is 2. The number of nitrogens with zero attached hydrogens (tertiary/aromatic N) is 2. The fourth-order valence-electron chi connectivity index (χ4n) is 5.56. The second kappa shape index (κ2) is 6.55. The van der Waals surface area contributed by atoms with Gasteiger partial charge in [-0.3, -0.25) is 4.40 Å². The summed E-state index contributed by atoms with van der Waals surface area (Å²) < 4.78 is 48.4. The SMILES string of the molecule is FC(F)(F)c1ccc2c(ccc3nc4c5cc6c(cc5c5ccccc5n4c32)oc2ccccc26)c1. The molecule has 172 valence electrons. The number of alkyl halides is 3. The predicted octanol–water partition coefficient (Wildman–Crippen LogP) is 8.87. The van der Waals surface area contributed by atoms with Gasteiger partial charge in [-0.25, -0.2) is 4.98 Å². The molecule has 8 rings (SSSR count). The number of aromatic nitrogens is 2. The van der Waals surface area contributed by atoms with Gasteiger partial charge in [-0.2, -0.15) is 13.2 Å². The summed E-state index contributed by atoms with van der Waals surface area (Å²) in [5.74, 6) is 0. The van der Waals surface area contributed by atoms with Crippen LogP contribution in [0, 0.1) is 0 Å². The molecule has 0 fully saturated rings. The van der Waals surface area contributed by atoms with E-state index in [4.69, 9.17) is 9.40 Å². The molecular formula is C30H15F3N2O. The van der Waals surface area contributed by atoms with Gasteiger partial charge in [0.2, 0.25) is 0 Å². The van der Waals surface area contributed by atoms with Gasteiger partial charge >= 0.3 is 6.18 Å². The summed E-state index contributed by atoms with van der Waals surface area (Å²) in [6.07, 6.45) is -4.40. The van der Waals surface area contributed by atoms with Gasteiger partial charge in [-0.15, -0.1) is 0 Å². The van der Waals surface area contributed by atoms with Crippen LogP contribution >= 0.6 is 0 Å². The Morgan fingerprint density at radius 1 is 0.639 bits per heavy atom. The van der Waals surface area contributed by atoms with Gasteiger partial charge in [0.1, 0.15) is 16.8 Å². The molecule has 3 heterocycles. The summed E-state index contributed by atoms with van der Waals surface area (Å²) in [6, 6.07) is 27.6. The molecule has 0 saturated carbocycles. The average molecular weight is 476 g/mol. The van der Waals surface area contributed by atoms with Crippen molar-refractivity contribution in [1.82, 2.24) is 9.38 Å². The Balaban J connectivity index is 1.61. The Morgan fingerprint density at radius 3 is 2.31 bits per heavy atom. The van der Waals surface area contributed by atoms with Gasteiger partial charge in [-0.05, 0) is 53.2 Å². The zero-order valence-electron chi connectivity index (χ0n) is 18.6. The first-order chi connectivity index (χ1) is 17.5. The Bertz CT molecular complexity index is 2200. The van der Waals surface area contributed by atoms with Gasteiger partial charge in [-0.1, -0.05) is 48.5 Å². The van der Waals surface area contributed by atoms with Crippen LogP contribution in [0.25, 0.3) is 71.1 Å². The molecule has 6 heteroatoms. The van der Waals surface area contributed by atoms with Crippen LogP contribution in [0.2, 0.25) is 0 Å². The fraction of sp³-hybridized carbons (Fsp3) is 0.0333. The lowest BCUT2D eigenvalue weighted by Gasteiger charge is -2.11. The van der Waals surface area contributed by atoms with Crippen molar-refractivity contribution in [2.24, 2.45) is 0 Å². The molecule has 8 aromatic rings. The summed E-state index contributed by atoms with van der Waals surface area (Å²) >= 11 is 0. The van der Waals surface area contributed by atoms with E-state index in [-0.39, 0.29) is 0 Å². The van der Waals surface area contributed by atoms with Crippen LogP contribution in [0.15, 0.2) is 95.4 Å². The Morgan fingerprint density at radius 2 is 1.44 bits per heavy atom. The fourth-order valence-corrected chi connectivity index (χ4v) is 5.56. The molecule has 0 bridgehead atoms. The lowest BCUT2D eigenvalue weighted by atomic mass is 10.0. The Hall–Kier alpha value is -4.58. The molecule has 0 aliphatic rings. The van der Waals surface area contributed by atoms with Crippen molar-refractivity contribution in [2.75, 3.05) is 0 Å². The zero-order valence-corrected chi connectivity index (χ0v) is 18.6. The lowest BCUT2D eigenvalue weighted by molar-refractivity contribution is -0.137. The van der Waals surface area contributed by atoms with Crippen LogP contribution in [0.5, 0.6) is 0 Å². The summed E-state index contributed by atoms with van der Waals surface area (Å²) in [6.45, 7) is 0. The molecule has 0 atom stereocenters. The second-order valence-corrected chi connectivity index (χ2v) is 9.15. The van der Waals surface area contributed by atoms with E-state index in [1.54, 1.807) is 18.2 Å². The van der Waals surface area contributed by atoms with E-state index in [1.807, 2.05) is 42.5 Å². The van der Waals surface area contributed by atoms with Crippen molar-refractivity contribution in [3.05, 3.63) is 96.6 Å². The summed E-state index contributed by atoms with van der Waals surface area (Å²) in [5, 5.41) is 6.29. The summed E-state index contributed by atoms with van der Waals surface area (Å²) in [5.41, 5.74) is 4.20. The predicted molar refractivity (Wildman–Crippen MR) is 137 cm³/mol. The van der Waals surface area contributed by atoms with Crippen molar-refractivity contribution < 1.29 is 17.6 Å². The number of imidazole rings is 1. The van der Waals surface area contributed by atoms with E-state index in [0.29, 0.717) is 5.39 Å². The molecule has 0 amide bonds. The first kappa shape index (κ1) is 19.7. The molecule has 3 aromatic heterocycles. The van der Waals surface area contributed by atoms with Crippen LogP contribution in [-0.2, 0) is 6.18 Å². The van der Waals surface area contributed by atoms with Crippen LogP contribution in [-0.4, -0.2) is 9.38 Å². The van der Waals surface area contributed by atoms with Crippen molar-refractivity contribution >= 4 is 71.1 Å². The minimum atomic E-state index is -4.40. The van der Waals surface area contributed by atoms with Gasteiger partial charge in [0.05, 0.1) is 22.1 Å². The first-order valence-electron chi connectivity index (χ1n) is 11.6. The maximum Gasteiger partial charge on any atom is 0.416 e. The Kier molecular flexibility index (Phi) is 3.58. The number of furan rings is 1. The average Bonchev–Trinajstić information content (AvgIpc) is 3.45. The highest BCUT2D eigenvalue weighted by atomic mass is 19.4. The van der Waals surface area contributed by atoms with E-state index in [9.17, 15) is 13.2 Å². The van der Waals surface area contributed by atoms with Crippen molar-refractivity contribution in [3.63, 3.8) is 0 Å². The Labute approximate surface area is 201 Å². The van der Waals surface area contributed by atoms with Crippen molar-refractivity contribution in [3.8, 4) is 0 Å². The molecular weight excluding hydrogens is 461 g/mol. The maximum absolute atomic E-state index is 13.4. The highest BCUT2D eigenvalue weighted by Gasteiger charge is 2.30. The number of rotatable bonds is 0. The largest absolute Gasteiger partial charge is 0.456 e. The molecule has 0 radical (unpaired) electrons. The highest BCUT2D eigenvalue weighted by Crippen LogP contribution is 2.40. The van der Waals surface area contributed by atoms with Gasteiger partial charge in [0.25, 0.3) is 0 Å². The molecule has 0 saturated heterocycles. The molecule has 36 heavy (non-hydrogen) atoms. The first-order valence-corrected chi connectivity index (χ1v) is 11.6. The molecule has 0 unspecified atom stereocenters. The maximum atomic E-state index is 13.4. The minimum Gasteiger partial charge on any atom is -0.456 e. The number of benzene rings is 5. The molecule has 0 aliphatic carbocycles. The molecule has 0 spiro atoms. The van der Waals surface area contributed by atoms with Gasteiger partial charge in [0, 0.05) is 26.9 Å². The molecule has 0 aliphatic heterocycles. The van der Waals surface area contributed by atoms with Crippen molar-refractivity contribution in [2.45, 2.75) is 6.18 Å². The normalized spacial score (nSPS) is 12.9. The molecule has 3 nitrogen and oxygen atoms in total. The van der Waals surface area contributed by atoms with E-state index in [1.165, 1.54) is 6.07 Å².